The Kier molecular flexibility index (Phi) is 6.39. The van der Waals surface area contributed by atoms with Crippen LogP contribution in [-0.2, 0) is 10.0 Å². The number of carbonyl (C=O) groups is 1. The lowest BCUT2D eigenvalue weighted by Gasteiger charge is -2.20. The van der Waals surface area contributed by atoms with Crippen LogP contribution in [0.2, 0.25) is 0 Å². The fourth-order valence-electron chi connectivity index (χ4n) is 2.24. The van der Waals surface area contributed by atoms with Crippen molar-refractivity contribution < 1.29 is 13.2 Å². The SMILES string of the molecule is CCCCN(CC)C(=O)c1ccc(NS(=O)(=O)c2cccs2)cc1. The normalized spacial score (nSPS) is 11.2. The van der Waals surface area contributed by atoms with Crippen molar-refractivity contribution in [1.82, 2.24) is 4.90 Å². The molecule has 0 saturated carbocycles. The lowest BCUT2D eigenvalue weighted by Crippen LogP contribution is -2.31. The summed E-state index contributed by atoms with van der Waals surface area (Å²) < 4.78 is 27.1. The molecular formula is C17H22N2O3S2. The molecule has 0 bridgehead atoms. The van der Waals surface area contributed by atoms with Gasteiger partial charge in [-0.05, 0) is 49.1 Å². The van der Waals surface area contributed by atoms with Crippen LogP contribution >= 0.6 is 11.3 Å². The Balaban J connectivity index is 2.09. The molecule has 0 saturated heterocycles. The van der Waals surface area contributed by atoms with Crippen molar-refractivity contribution in [3.05, 3.63) is 47.3 Å². The highest BCUT2D eigenvalue weighted by atomic mass is 32.2. The maximum atomic E-state index is 12.5. The summed E-state index contributed by atoms with van der Waals surface area (Å²) in [6.45, 7) is 5.44. The van der Waals surface area contributed by atoms with Crippen LogP contribution in [0, 0.1) is 0 Å². The molecule has 2 rings (SSSR count). The van der Waals surface area contributed by atoms with Crippen molar-refractivity contribution in [2.75, 3.05) is 17.8 Å². The topological polar surface area (TPSA) is 66.5 Å². The largest absolute Gasteiger partial charge is 0.339 e. The standard InChI is InChI=1S/C17H22N2O3S2/c1-3-5-12-19(4-2)17(20)14-8-10-15(11-9-14)18-24(21,22)16-7-6-13-23-16/h6-11,13,18H,3-5,12H2,1-2H3. The van der Waals surface area contributed by atoms with Crippen LogP contribution in [0.3, 0.4) is 0 Å². The minimum absolute atomic E-state index is 0.0291. The van der Waals surface area contributed by atoms with Crippen LogP contribution in [0.1, 0.15) is 37.0 Å². The molecule has 1 aromatic carbocycles. The first kappa shape index (κ1) is 18.5. The molecule has 0 fully saturated rings. The molecule has 0 aliphatic rings. The number of thiophene rings is 1. The summed E-state index contributed by atoms with van der Waals surface area (Å²) in [5.41, 5.74) is 1.00. The summed E-state index contributed by atoms with van der Waals surface area (Å²) in [6, 6.07) is 9.79. The first-order valence-corrected chi connectivity index (χ1v) is 10.3. The number of benzene rings is 1. The quantitative estimate of drug-likeness (QED) is 0.772. The van der Waals surface area contributed by atoms with E-state index in [1.165, 1.54) is 0 Å². The molecule has 130 valence electrons. The van der Waals surface area contributed by atoms with E-state index >= 15 is 0 Å². The summed E-state index contributed by atoms with van der Waals surface area (Å²) in [7, 11) is -3.56. The van der Waals surface area contributed by atoms with Crippen LogP contribution in [0.4, 0.5) is 5.69 Å². The van der Waals surface area contributed by atoms with Gasteiger partial charge in [0.25, 0.3) is 15.9 Å². The Morgan fingerprint density at radius 1 is 1.17 bits per heavy atom. The fraction of sp³-hybridized carbons (Fsp3) is 0.353. The van der Waals surface area contributed by atoms with Crippen LogP contribution in [-0.4, -0.2) is 32.3 Å². The van der Waals surface area contributed by atoms with Gasteiger partial charge in [-0.15, -0.1) is 11.3 Å². The minimum atomic E-state index is -3.56. The second-order valence-electron chi connectivity index (χ2n) is 5.35. The van der Waals surface area contributed by atoms with Gasteiger partial charge in [-0.1, -0.05) is 19.4 Å². The van der Waals surface area contributed by atoms with E-state index in [0.717, 1.165) is 30.7 Å². The molecule has 24 heavy (non-hydrogen) atoms. The summed E-state index contributed by atoms with van der Waals surface area (Å²) in [5, 5.41) is 1.71. The van der Waals surface area contributed by atoms with Crippen molar-refractivity contribution in [3.63, 3.8) is 0 Å². The van der Waals surface area contributed by atoms with E-state index in [-0.39, 0.29) is 10.1 Å². The van der Waals surface area contributed by atoms with E-state index in [9.17, 15) is 13.2 Å². The summed E-state index contributed by atoms with van der Waals surface area (Å²) in [6.07, 6.45) is 2.01. The maximum Gasteiger partial charge on any atom is 0.271 e. The lowest BCUT2D eigenvalue weighted by molar-refractivity contribution is 0.0762. The van der Waals surface area contributed by atoms with Gasteiger partial charge in [0.1, 0.15) is 4.21 Å². The number of carbonyl (C=O) groups excluding carboxylic acids is 1. The number of nitrogens with zero attached hydrogens (tertiary/aromatic N) is 1. The highest BCUT2D eigenvalue weighted by Crippen LogP contribution is 2.20. The lowest BCUT2D eigenvalue weighted by atomic mass is 10.1. The molecule has 2 aromatic rings. The van der Waals surface area contributed by atoms with E-state index in [1.807, 2.05) is 6.92 Å². The number of unbranched alkanes of at least 4 members (excludes halogenated alkanes) is 1. The van der Waals surface area contributed by atoms with Crippen molar-refractivity contribution in [1.29, 1.82) is 0 Å². The third-order valence-corrected chi connectivity index (χ3v) is 6.37. The zero-order chi connectivity index (χ0) is 17.6. The van der Waals surface area contributed by atoms with Gasteiger partial charge < -0.3 is 4.90 Å². The number of hydrogen-bond acceptors (Lipinski definition) is 4. The molecule has 0 aliphatic heterocycles. The smallest absolute Gasteiger partial charge is 0.271 e. The maximum absolute atomic E-state index is 12.5. The molecule has 1 heterocycles. The third-order valence-electron chi connectivity index (χ3n) is 3.59. The Bertz CT molecular complexity index is 754. The predicted molar refractivity (Wildman–Crippen MR) is 98.1 cm³/mol. The molecule has 7 heteroatoms. The third kappa shape index (κ3) is 4.58. The second kappa shape index (κ2) is 8.30. The van der Waals surface area contributed by atoms with E-state index in [0.29, 0.717) is 17.8 Å². The van der Waals surface area contributed by atoms with Crippen molar-refractivity contribution in [3.8, 4) is 0 Å². The number of hydrogen-bond donors (Lipinski definition) is 1. The summed E-state index contributed by atoms with van der Waals surface area (Å²) in [5.74, 6) is -0.0291. The van der Waals surface area contributed by atoms with E-state index in [1.54, 1.807) is 46.7 Å². The van der Waals surface area contributed by atoms with Gasteiger partial charge in [-0.3, -0.25) is 9.52 Å². The Morgan fingerprint density at radius 2 is 1.88 bits per heavy atom. The fourth-order valence-corrected chi connectivity index (χ4v) is 4.29. The van der Waals surface area contributed by atoms with Gasteiger partial charge in [0.2, 0.25) is 0 Å². The summed E-state index contributed by atoms with van der Waals surface area (Å²) in [4.78, 5) is 14.3. The first-order valence-electron chi connectivity index (χ1n) is 7.93. The first-order chi connectivity index (χ1) is 11.5. The highest BCUT2D eigenvalue weighted by Gasteiger charge is 2.16. The molecule has 1 aromatic heterocycles. The average Bonchev–Trinajstić information content (AvgIpc) is 3.11. The molecule has 0 aliphatic carbocycles. The number of rotatable bonds is 8. The number of sulfonamides is 1. The van der Waals surface area contributed by atoms with Crippen molar-refractivity contribution >= 4 is 33.0 Å². The number of amides is 1. The van der Waals surface area contributed by atoms with E-state index in [2.05, 4.69) is 11.6 Å². The molecule has 0 spiro atoms. The average molecular weight is 367 g/mol. The zero-order valence-electron chi connectivity index (χ0n) is 13.9. The van der Waals surface area contributed by atoms with Crippen molar-refractivity contribution in [2.24, 2.45) is 0 Å². The minimum Gasteiger partial charge on any atom is -0.339 e. The monoisotopic (exact) mass is 366 g/mol. The van der Waals surface area contributed by atoms with Crippen LogP contribution in [0.5, 0.6) is 0 Å². The van der Waals surface area contributed by atoms with Gasteiger partial charge in [0.05, 0.1) is 0 Å². The molecule has 1 N–H and O–H groups in total. The molecule has 0 radical (unpaired) electrons. The molecular weight excluding hydrogens is 344 g/mol. The predicted octanol–water partition coefficient (Wildman–Crippen LogP) is 3.81. The molecule has 0 unspecified atom stereocenters. The molecule has 1 amide bonds. The number of nitrogens with one attached hydrogen (secondary N) is 1. The van der Waals surface area contributed by atoms with Gasteiger partial charge >= 0.3 is 0 Å². The van der Waals surface area contributed by atoms with Gasteiger partial charge in [-0.25, -0.2) is 8.42 Å². The molecule has 0 atom stereocenters. The van der Waals surface area contributed by atoms with E-state index in [4.69, 9.17) is 0 Å². The molecule has 5 nitrogen and oxygen atoms in total. The van der Waals surface area contributed by atoms with Crippen molar-refractivity contribution in [2.45, 2.75) is 30.9 Å². The summed E-state index contributed by atoms with van der Waals surface area (Å²) >= 11 is 1.16. The van der Waals surface area contributed by atoms with Crippen LogP contribution < -0.4 is 4.72 Å². The van der Waals surface area contributed by atoms with Gasteiger partial charge in [0, 0.05) is 24.3 Å². The van der Waals surface area contributed by atoms with Gasteiger partial charge in [-0.2, -0.15) is 0 Å². The van der Waals surface area contributed by atoms with E-state index < -0.39 is 10.0 Å². The second-order valence-corrected chi connectivity index (χ2v) is 8.21. The Labute approximate surface area is 147 Å². The Hall–Kier alpha value is -1.86. The Morgan fingerprint density at radius 3 is 2.42 bits per heavy atom. The van der Waals surface area contributed by atoms with Crippen LogP contribution in [0.15, 0.2) is 46.0 Å². The van der Waals surface area contributed by atoms with Gasteiger partial charge in [0.15, 0.2) is 0 Å². The number of anilines is 1. The van der Waals surface area contributed by atoms with Crippen LogP contribution in [0.25, 0.3) is 0 Å². The highest BCUT2D eigenvalue weighted by molar-refractivity contribution is 7.94. The zero-order valence-corrected chi connectivity index (χ0v) is 15.5.